The molecule has 0 atom stereocenters. The summed E-state index contributed by atoms with van der Waals surface area (Å²) in [5.74, 6) is -1.47. The maximum atomic E-state index is 13.1. The van der Waals surface area contributed by atoms with Crippen molar-refractivity contribution in [3.8, 4) is 5.75 Å². The molecule has 6 rings (SSSR count). The van der Waals surface area contributed by atoms with Crippen LogP contribution in [0.25, 0.3) is 20.2 Å². The van der Waals surface area contributed by atoms with Gasteiger partial charge >= 0.3 is 5.97 Å². The van der Waals surface area contributed by atoms with Gasteiger partial charge in [0.25, 0.3) is 17.5 Å². The number of benzene rings is 4. The van der Waals surface area contributed by atoms with E-state index in [4.69, 9.17) is 27.9 Å². The third-order valence-corrected chi connectivity index (χ3v) is 11.0. The van der Waals surface area contributed by atoms with Crippen molar-refractivity contribution in [2.45, 2.75) is 0 Å². The van der Waals surface area contributed by atoms with Gasteiger partial charge in [0.2, 0.25) is 0 Å². The summed E-state index contributed by atoms with van der Waals surface area (Å²) in [6.45, 7) is 0. The van der Waals surface area contributed by atoms with Crippen LogP contribution >= 0.6 is 77.7 Å². The molecule has 6 aromatic rings. The zero-order valence-corrected chi connectivity index (χ0v) is 30.1. The molecule has 0 radical (unpaired) electrons. The average molecular weight is 847 g/mol. The van der Waals surface area contributed by atoms with Gasteiger partial charge in [-0.1, -0.05) is 61.1 Å². The number of ether oxygens (including phenoxy) is 1. The maximum Gasteiger partial charge on any atom is 0.355 e. The van der Waals surface area contributed by atoms with E-state index < -0.39 is 22.7 Å². The number of anilines is 1. The van der Waals surface area contributed by atoms with E-state index in [1.807, 2.05) is 18.2 Å². The van der Waals surface area contributed by atoms with E-state index in [1.165, 1.54) is 60.0 Å². The molecule has 10 nitrogen and oxygen atoms in total. The quantitative estimate of drug-likeness (QED) is 0.0514. The zero-order valence-electron chi connectivity index (χ0n) is 23.8. The van der Waals surface area contributed by atoms with Crippen molar-refractivity contribution >= 4 is 133 Å². The maximum absolute atomic E-state index is 13.1. The molecular formula is C32H16Br2Cl2N4O6S2. The van der Waals surface area contributed by atoms with Crippen molar-refractivity contribution in [3.05, 3.63) is 129 Å². The van der Waals surface area contributed by atoms with Crippen LogP contribution in [-0.2, 0) is 0 Å². The zero-order chi connectivity index (χ0) is 34.1. The van der Waals surface area contributed by atoms with Gasteiger partial charge < -0.3 is 10.1 Å². The van der Waals surface area contributed by atoms with Gasteiger partial charge in [-0.3, -0.25) is 19.7 Å². The lowest BCUT2D eigenvalue weighted by molar-refractivity contribution is -0.384. The Bertz CT molecular complexity index is 2330. The molecule has 0 aliphatic heterocycles. The lowest BCUT2D eigenvalue weighted by Crippen LogP contribution is -2.18. The molecule has 0 saturated heterocycles. The Morgan fingerprint density at radius 1 is 0.812 bits per heavy atom. The van der Waals surface area contributed by atoms with Crippen molar-refractivity contribution in [1.29, 1.82) is 0 Å². The summed E-state index contributed by atoms with van der Waals surface area (Å²) >= 11 is 21.9. The first-order valence-electron chi connectivity index (χ1n) is 13.5. The number of hydrogen-bond acceptors (Lipinski definition) is 9. The molecule has 0 aliphatic rings. The second-order valence-electron chi connectivity index (χ2n) is 9.87. The molecule has 4 aromatic carbocycles. The number of hydrogen-bond donors (Lipinski definition) is 2. The number of amides is 2. The predicted octanol–water partition coefficient (Wildman–Crippen LogP) is 10.1. The third-order valence-electron chi connectivity index (χ3n) is 6.76. The van der Waals surface area contributed by atoms with Gasteiger partial charge in [-0.05, 0) is 60.7 Å². The van der Waals surface area contributed by atoms with Gasteiger partial charge in [0.1, 0.15) is 15.5 Å². The molecule has 0 unspecified atom stereocenters. The smallest absolute Gasteiger partial charge is 0.355 e. The number of hydrazone groups is 1. The molecule has 2 amide bonds. The fourth-order valence-corrected chi connectivity index (χ4v) is 8.22. The molecule has 16 heteroatoms. The summed E-state index contributed by atoms with van der Waals surface area (Å²) in [5, 5.41) is 19.6. The van der Waals surface area contributed by atoms with Gasteiger partial charge in [-0.15, -0.1) is 22.7 Å². The number of nitro benzene ring substituents is 1. The Kier molecular flexibility index (Phi) is 9.92. The van der Waals surface area contributed by atoms with E-state index >= 15 is 0 Å². The Hall–Kier alpha value is -4.18. The number of halogens is 4. The predicted molar refractivity (Wildman–Crippen MR) is 197 cm³/mol. The van der Waals surface area contributed by atoms with E-state index in [0.717, 1.165) is 25.9 Å². The highest BCUT2D eigenvalue weighted by molar-refractivity contribution is 9.10. The summed E-state index contributed by atoms with van der Waals surface area (Å²) in [4.78, 5) is 49.8. The highest BCUT2D eigenvalue weighted by Crippen LogP contribution is 2.39. The van der Waals surface area contributed by atoms with Crippen LogP contribution in [-0.4, -0.2) is 28.9 Å². The Labute approximate surface area is 305 Å². The number of carbonyl (C=O) groups excluding carboxylic acids is 3. The van der Waals surface area contributed by atoms with Gasteiger partial charge in [-0.25, -0.2) is 10.2 Å². The van der Waals surface area contributed by atoms with E-state index in [2.05, 4.69) is 47.7 Å². The number of nitrogens with one attached hydrogen (secondary N) is 2. The molecule has 0 aliphatic carbocycles. The summed E-state index contributed by atoms with van der Waals surface area (Å²) in [6, 6.07) is 20.7. The largest absolute Gasteiger partial charge is 0.422 e. The number of thiophene rings is 2. The monoisotopic (exact) mass is 844 g/mol. The Morgan fingerprint density at radius 3 is 2.17 bits per heavy atom. The molecule has 2 N–H and O–H groups in total. The number of rotatable bonds is 8. The fraction of sp³-hybridized carbons (Fsp3) is 0. The lowest BCUT2D eigenvalue weighted by Gasteiger charge is -2.08. The van der Waals surface area contributed by atoms with Gasteiger partial charge in [0.15, 0.2) is 0 Å². The topological polar surface area (TPSA) is 140 Å². The summed E-state index contributed by atoms with van der Waals surface area (Å²) < 4.78 is 8.55. The van der Waals surface area contributed by atoms with E-state index in [9.17, 15) is 24.5 Å². The third kappa shape index (κ3) is 7.14. The van der Waals surface area contributed by atoms with Gasteiger partial charge in [-0.2, -0.15) is 5.10 Å². The van der Waals surface area contributed by atoms with Crippen LogP contribution in [0.5, 0.6) is 5.75 Å². The van der Waals surface area contributed by atoms with Crippen molar-refractivity contribution in [1.82, 2.24) is 5.43 Å². The second-order valence-corrected chi connectivity index (χ2v) is 14.6. The van der Waals surface area contributed by atoms with Gasteiger partial charge in [0, 0.05) is 58.1 Å². The van der Waals surface area contributed by atoms with Crippen LogP contribution in [0.2, 0.25) is 10.0 Å². The van der Waals surface area contributed by atoms with Crippen LogP contribution in [0, 0.1) is 10.1 Å². The fourth-order valence-electron chi connectivity index (χ4n) is 4.46. The minimum Gasteiger partial charge on any atom is -0.422 e. The van der Waals surface area contributed by atoms with Crippen LogP contribution in [0.4, 0.5) is 11.4 Å². The molecule has 2 aromatic heterocycles. The average Bonchev–Trinajstić information content (AvgIpc) is 3.57. The molecule has 2 heterocycles. The van der Waals surface area contributed by atoms with Crippen molar-refractivity contribution in [2.24, 2.45) is 5.10 Å². The molecule has 48 heavy (non-hydrogen) atoms. The first-order valence-corrected chi connectivity index (χ1v) is 17.5. The Balaban J connectivity index is 1.11. The Morgan fingerprint density at radius 2 is 1.44 bits per heavy atom. The molecular weight excluding hydrogens is 831 g/mol. The summed E-state index contributed by atoms with van der Waals surface area (Å²) in [6.07, 6.45) is 1.34. The molecule has 0 bridgehead atoms. The van der Waals surface area contributed by atoms with Crippen molar-refractivity contribution in [3.63, 3.8) is 0 Å². The van der Waals surface area contributed by atoms with Crippen LogP contribution in [0.3, 0.4) is 0 Å². The van der Waals surface area contributed by atoms with E-state index in [-0.39, 0.29) is 31.8 Å². The van der Waals surface area contributed by atoms with Crippen LogP contribution in [0.15, 0.2) is 92.9 Å². The minimum absolute atomic E-state index is 0.103. The van der Waals surface area contributed by atoms with Crippen LogP contribution in [0.1, 0.15) is 35.3 Å². The van der Waals surface area contributed by atoms with E-state index in [1.54, 1.807) is 18.2 Å². The van der Waals surface area contributed by atoms with E-state index in [0.29, 0.717) is 30.8 Å². The molecule has 0 saturated carbocycles. The summed E-state index contributed by atoms with van der Waals surface area (Å²) in [7, 11) is 0. The van der Waals surface area contributed by atoms with Crippen molar-refractivity contribution < 1.29 is 24.0 Å². The number of nitro groups is 1. The summed E-state index contributed by atoms with van der Waals surface area (Å²) in [5.41, 5.74) is 3.39. The van der Waals surface area contributed by atoms with Crippen molar-refractivity contribution in [2.75, 3.05) is 5.32 Å². The number of nitrogens with zero attached hydrogens (tertiary/aromatic N) is 2. The molecule has 240 valence electrons. The number of fused-ring (bicyclic) bond motifs is 2. The molecule has 0 spiro atoms. The lowest BCUT2D eigenvalue weighted by atomic mass is 10.2. The molecule has 0 fully saturated rings. The number of non-ortho nitro benzene ring substituents is 1. The highest BCUT2D eigenvalue weighted by atomic mass is 79.9. The van der Waals surface area contributed by atoms with Gasteiger partial charge in [0.05, 0.1) is 21.2 Å². The first-order chi connectivity index (χ1) is 23.0. The standard InChI is InChI=1S/C32H16Br2Cl2N4O6S2/c33-17-4-10-23(46-32(43)29-27(36)21-8-3-18(34)12-24(21)48-29)16(11-17)14-37-39-30(41)15-1-5-19(6-2-15)38-31(42)28-26(35)22-9-7-20(40(44)45)13-25(22)47-28/h1-14H,(H,38,42)(H,39,41)/b37-14-. The normalized spacial score (nSPS) is 11.2. The first kappa shape index (κ1) is 33.7. The SMILES string of the molecule is O=C(N/N=C\c1cc(Br)ccc1OC(=O)c1sc2cc(Br)ccc2c1Cl)c1ccc(NC(=O)c2sc3cc([N+](=O)[O-])ccc3c2Cl)cc1. The second kappa shape index (κ2) is 14.1. The number of carbonyl (C=O) groups is 3. The van der Waals surface area contributed by atoms with Crippen LogP contribution < -0.4 is 15.5 Å². The minimum atomic E-state index is -0.635. The highest BCUT2D eigenvalue weighted by Gasteiger charge is 2.21. The number of esters is 1.